The third kappa shape index (κ3) is 9.17. The van der Waals surface area contributed by atoms with Crippen LogP contribution in [-0.2, 0) is 11.3 Å². The van der Waals surface area contributed by atoms with Gasteiger partial charge in [-0.3, -0.25) is 4.84 Å². The molecule has 2 aliphatic heterocycles. The van der Waals surface area contributed by atoms with E-state index in [0.717, 1.165) is 67.0 Å². The summed E-state index contributed by atoms with van der Waals surface area (Å²) >= 11 is 0. The maximum Gasteiger partial charge on any atom is 0.203 e. The molecule has 3 aromatic rings. The zero-order chi connectivity index (χ0) is 34.5. The third-order valence-corrected chi connectivity index (χ3v) is 8.79. The highest BCUT2D eigenvalue weighted by atomic mass is 16.7. The van der Waals surface area contributed by atoms with Crippen LogP contribution in [-0.4, -0.2) is 60.3 Å². The number of ether oxygens (including phenoxy) is 5. The molecular formula is C40H56N2O6. The molecule has 262 valence electrons. The summed E-state index contributed by atoms with van der Waals surface area (Å²) < 4.78 is 27.5. The molecule has 1 aliphatic carbocycles. The van der Waals surface area contributed by atoms with Gasteiger partial charge in [-0.25, -0.2) is 0 Å². The fraction of sp³-hybridized carbons (Fsp3) is 0.500. The highest BCUT2D eigenvalue weighted by Crippen LogP contribution is 2.49. The highest BCUT2D eigenvalue weighted by Gasteiger charge is 2.30. The van der Waals surface area contributed by atoms with Gasteiger partial charge in [0.25, 0.3) is 0 Å². The van der Waals surface area contributed by atoms with Gasteiger partial charge in [-0.1, -0.05) is 51.5 Å². The van der Waals surface area contributed by atoms with Crippen LogP contribution in [0.4, 0.5) is 0 Å². The minimum Gasteiger partial charge on any atom is -0.493 e. The van der Waals surface area contributed by atoms with E-state index in [1.807, 2.05) is 26.1 Å². The van der Waals surface area contributed by atoms with Crippen LogP contribution in [0, 0.1) is 0 Å². The minimum absolute atomic E-state index is 0.134. The van der Waals surface area contributed by atoms with Crippen LogP contribution >= 0.6 is 0 Å². The first-order valence-electron chi connectivity index (χ1n) is 17.5. The average molecular weight is 661 g/mol. The van der Waals surface area contributed by atoms with Crippen molar-refractivity contribution < 1.29 is 28.5 Å². The number of hydroxylamine groups is 2. The lowest BCUT2D eigenvalue weighted by atomic mass is 9.97. The number of fused-ring (bicyclic) bond motifs is 1. The third-order valence-electron chi connectivity index (χ3n) is 8.79. The number of benzene rings is 3. The Morgan fingerprint density at radius 2 is 1.54 bits per heavy atom. The Hall–Kier alpha value is -3.88. The molecule has 0 amide bonds. The van der Waals surface area contributed by atoms with E-state index in [1.165, 1.54) is 47.9 Å². The van der Waals surface area contributed by atoms with Crippen molar-refractivity contribution in [3.8, 4) is 28.7 Å². The zero-order valence-electron chi connectivity index (χ0n) is 30.3. The molecule has 6 rings (SSSR count). The molecule has 1 saturated heterocycles. The molecular weight excluding hydrogens is 604 g/mol. The second-order valence-corrected chi connectivity index (χ2v) is 12.0. The quantitative estimate of drug-likeness (QED) is 0.219. The van der Waals surface area contributed by atoms with Crippen LogP contribution in [0.1, 0.15) is 87.9 Å². The SMILES string of the molecule is CC.CCCc1ccc2c(OC)c(OC)c(OC)cc2c1.COc1cc(C2C=C(CN3CCCCCO3)C=CN2)cc(C2CC2)c1OC. The van der Waals surface area contributed by atoms with Crippen LogP contribution in [0.15, 0.2) is 60.3 Å². The lowest BCUT2D eigenvalue weighted by molar-refractivity contribution is -0.144. The van der Waals surface area contributed by atoms with Gasteiger partial charge < -0.3 is 29.0 Å². The second-order valence-electron chi connectivity index (χ2n) is 12.0. The van der Waals surface area contributed by atoms with Crippen molar-refractivity contribution in [1.29, 1.82) is 0 Å². The fourth-order valence-corrected chi connectivity index (χ4v) is 6.29. The number of nitrogens with one attached hydrogen (secondary N) is 1. The monoisotopic (exact) mass is 660 g/mol. The molecule has 1 atom stereocenters. The molecule has 3 aliphatic rings. The highest BCUT2D eigenvalue weighted by molar-refractivity contribution is 5.93. The lowest BCUT2D eigenvalue weighted by Gasteiger charge is -2.25. The van der Waals surface area contributed by atoms with E-state index in [9.17, 15) is 0 Å². The molecule has 0 aromatic heterocycles. The molecule has 8 nitrogen and oxygen atoms in total. The molecule has 1 unspecified atom stereocenters. The first-order chi connectivity index (χ1) is 23.5. The Balaban J connectivity index is 0.000000218. The number of hydrogen-bond donors (Lipinski definition) is 1. The molecule has 0 spiro atoms. The summed E-state index contributed by atoms with van der Waals surface area (Å²) in [5, 5.41) is 7.74. The van der Waals surface area contributed by atoms with Crippen molar-refractivity contribution in [3.63, 3.8) is 0 Å². The van der Waals surface area contributed by atoms with Gasteiger partial charge >= 0.3 is 0 Å². The molecule has 0 bridgehead atoms. The summed E-state index contributed by atoms with van der Waals surface area (Å²) in [5.74, 6) is 4.36. The van der Waals surface area contributed by atoms with E-state index < -0.39 is 0 Å². The maximum atomic E-state index is 5.87. The van der Waals surface area contributed by atoms with E-state index in [1.54, 1.807) is 35.5 Å². The van der Waals surface area contributed by atoms with E-state index in [2.05, 4.69) is 59.8 Å². The summed E-state index contributed by atoms with van der Waals surface area (Å²) in [4.78, 5) is 5.87. The van der Waals surface area contributed by atoms with Crippen molar-refractivity contribution in [2.75, 3.05) is 55.2 Å². The number of aryl methyl sites for hydroxylation is 1. The molecule has 48 heavy (non-hydrogen) atoms. The first-order valence-corrected chi connectivity index (χ1v) is 17.5. The van der Waals surface area contributed by atoms with E-state index >= 15 is 0 Å². The van der Waals surface area contributed by atoms with Crippen molar-refractivity contribution in [2.45, 2.75) is 77.7 Å². The molecule has 2 fully saturated rings. The standard InChI is InChI=1S/C22H30N2O3.C16H20O3.C2H6/c1-25-21-14-18(13-19(17-6-7-17)22(21)26-2)20-12-16(8-9-23-20)15-24-10-4-3-5-11-27-24;1-5-6-11-7-8-13-12(9-11)10-14(17-2)16(19-4)15(13)18-3;1-2/h8-9,12-14,17,20,23H,3-7,10-11,15H2,1-2H3;7-10H,5-6H2,1-4H3;1-2H3. The predicted octanol–water partition coefficient (Wildman–Crippen LogP) is 8.93. The number of rotatable bonds is 11. The topological polar surface area (TPSA) is 70.7 Å². The average Bonchev–Trinajstić information content (AvgIpc) is 4.00. The largest absolute Gasteiger partial charge is 0.493 e. The Morgan fingerprint density at radius 3 is 2.21 bits per heavy atom. The zero-order valence-corrected chi connectivity index (χ0v) is 30.3. The van der Waals surface area contributed by atoms with Crippen molar-refractivity contribution >= 4 is 10.8 Å². The number of methoxy groups -OCH3 is 5. The minimum atomic E-state index is 0.134. The smallest absolute Gasteiger partial charge is 0.203 e. The Bertz CT molecular complexity index is 1520. The molecule has 0 radical (unpaired) electrons. The molecule has 2 heterocycles. The molecule has 1 saturated carbocycles. The van der Waals surface area contributed by atoms with Gasteiger partial charge in [-0.2, -0.15) is 5.06 Å². The Kier molecular flexibility index (Phi) is 14.3. The maximum absolute atomic E-state index is 5.87. The van der Waals surface area contributed by atoms with Crippen LogP contribution in [0.25, 0.3) is 10.8 Å². The van der Waals surface area contributed by atoms with Gasteiger partial charge in [0.2, 0.25) is 5.75 Å². The molecule has 1 N–H and O–H groups in total. The number of dihydropyridines is 1. The van der Waals surface area contributed by atoms with Gasteiger partial charge in [0.1, 0.15) is 0 Å². The van der Waals surface area contributed by atoms with Crippen molar-refractivity contribution in [3.05, 3.63) is 77.0 Å². The Morgan fingerprint density at radius 1 is 0.812 bits per heavy atom. The van der Waals surface area contributed by atoms with Crippen LogP contribution in [0.5, 0.6) is 28.7 Å². The van der Waals surface area contributed by atoms with Crippen LogP contribution in [0.3, 0.4) is 0 Å². The van der Waals surface area contributed by atoms with Gasteiger partial charge in [0.15, 0.2) is 23.0 Å². The van der Waals surface area contributed by atoms with E-state index in [-0.39, 0.29) is 6.04 Å². The summed E-state index contributed by atoms with van der Waals surface area (Å²) in [7, 11) is 8.35. The van der Waals surface area contributed by atoms with Crippen molar-refractivity contribution in [2.24, 2.45) is 0 Å². The number of hydrogen-bond acceptors (Lipinski definition) is 8. The predicted molar refractivity (Wildman–Crippen MR) is 195 cm³/mol. The summed E-state index contributed by atoms with van der Waals surface area (Å²) in [6.45, 7) is 8.85. The first kappa shape index (κ1) is 36.9. The normalized spacial score (nSPS) is 17.4. The van der Waals surface area contributed by atoms with Crippen LogP contribution < -0.4 is 29.0 Å². The van der Waals surface area contributed by atoms with Crippen LogP contribution in [0.2, 0.25) is 0 Å². The van der Waals surface area contributed by atoms with Gasteiger partial charge in [0.05, 0.1) is 48.2 Å². The molecule has 8 heteroatoms. The summed E-state index contributed by atoms with van der Waals surface area (Å²) in [6, 6.07) is 12.9. The van der Waals surface area contributed by atoms with Gasteiger partial charge in [-0.05, 0) is 97.0 Å². The van der Waals surface area contributed by atoms with Gasteiger partial charge in [-0.15, -0.1) is 0 Å². The lowest BCUT2D eigenvalue weighted by Crippen LogP contribution is -2.28. The van der Waals surface area contributed by atoms with Gasteiger partial charge in [0, 0.05) is 24.0 Å². The Labute approximate surface area is 287 Å². The summed E-state index contributed by atoms with van der Waals surface area (Å²) in [6.07, 6.45) is 14.8. The second kappa shape index (κ2) is 18.6. The fourth-order valence-electron chi connectivity index (χ4n) is 6.29. The van der Waals surface area contributed by atoms with E-state index in [0.29, 0.717) is 17.4 Å². The van der Waals surface area contributed by atoms with E-state index in [4.69, 9.17) is 28.5 Å². The number of nitrogens with zero attached hydrogens (tertiary/aromatic N) is 1. The summed E-state index contributed by atoms with van der Waals surface area (Å²) in [5.41, 5.74) is 5.09. The van der Waals surface area contributed by atoms with Crippen molar-refractivity contribution in [1.82, 2.24) is 10.4 Å². The molecule has 3 aromatic carbocycles.